The van der Waals surface area contributed by atoms with Crippen molar-refractivity contribution < 1.29 is 41.9 Å². The predicted octanol–water partition coefficient (Wildman–Crippen LogP) is 4.22. The van der Waals surface area contributed by atoms with Gasteiger partial charge in [0.05, 0.1) is 17.8 Å². The average molecular weight is 837 g/mol. The second-order valence-electron chi connectivity index (χ2n) is 17.8. The van der Waals surface area contributed by atoms with Crippen molar-refractivity contribution in [1.82, 2.24) is 30.1 Å². The summed E-state index contributed by atoms with van der Waals surface area (Å²) in [7, 11) is -4.39. The van der Waals surface area contributed by atoms with E-state index in [0.29, 0.717) is 32.4 Å². The van der Waals surface area contributed by atoms with Crippen LogP contribution in [-0.2, 0) is 40.3 Å². The van der Waals surface area contributed by atoms with E-state index in [4.69, 9.17) is 9.47 Å². The van der Waals surface area contributed by atoms with E-state index in [0.717, 1.165) is 61.2 Å². The lowest BCUT2D eigenvalue weighted by molar-refractivity contribution is -0.153. The number of sulfonamides is 1. The Kier molecular flexibility index (Phi) is 12.5. The first-order valence-corrected chi connectivity index (χ1v) is 23.7. The number of ether oxygens (including phenoxy) is 2. The molecule has 9 rings (SSSR count). The van der Waals surface area contributed by atoms with Crippen molar-refractivity contribution in [3.63, 3.8) is 0 Å². The van der Waals surface area contributed by atoms with Gasteiger partial charge in [0, 0.05) is 32.0 Å². The Morgan fingerprint density at radius 1 is 0.864 bits per heavy atom. The first-order chi connectivity index (χ1) is 28.5. The first kappa shape index (κ1) is 41.5. The van der Waals surface area contributed by atoms with Gasteiger partial charge in [-0.2, -0.15) is 0 Å². The van der Waals surface area contributed by atoms with Gasteiger partial charge in [-0.1, -0.05) is 74.9 Å². The van der Waals surface area contributed by atoms with Crippen LogP contribution in [0.2, 0.25) is 0 Å². The van der Waals surface area contributed by atoms with E-state index in [-0.39, 0.29) is 50.2 Å². The molecular weight excluding hydrogens is 777 g/mol. The molecule has 5 heterocycles. The van der Waals surface area contributed by atoms with E-state index < -0.39 is 75.4 Å². The number of hydrogen-bond donors (Lipinski definition) is 3. The molecule has 3 saturated carbocycles. The number of hydrogen-bond acceptors (Lipinski definition) is 10. The van der Waals surface area contributed by atoms with Gasteiger partial charge < -0.3 is 29.9 Å². The number of nitrogens with zero attached hydrogens (tertiary/aromatic N) is 3. The molecule has 5 amide bonds. The molecule has 0 radical (unpaired) electrons. The summed E-state index contributed by atoms with van der Waals surface area (Å²) < 4.78 is 41.7. The summed E-state index contributed by atoms with van der Waals surface area (Å²) in [6.45, 7) is 2.51. The molecule has 3 N–H and O–H groups in total. The number of rotatable bonds is 3. The number of carbonyl (C=O) groups is 5. The molecule has 15 nitrogen and oxygen atoms in total. The van der Waals surface area contributed by atoms with Crippen LogP contribution < -0.4 is 15.4 Å². The van der Waals surface area contributed by atoms with Crippen molar-refractivity contribution in [2.75, 3.05) is 32.7 Å². The highest BCUT2D eigenvalue weighted by molar-refractivity contribution is 7.90. The molecule has 6 fully saturated rings. The predicted molar refractivity (Wildman–Crippen MR) is 217 cm³/mol. The van der Waals surface area contributed by atoms with Crippen molar-refractivity contribution in [3.05, 3.63) is 47.5 Å². The number of alkyl carbamates (subject to hydrolysis) is 1. The fourth-order valence-corrected chi connectivity index (χ4v) is 11.2. The van der Waals surface area contributed by atoms with Crippen LogP contribution in [0, 0.1) is 5.92 Å². The van der Waals surface area contributed by atoms with Crippen LogP contribution >= 0.6 is 0 Å². The van der Waals surface area contributed by atoms with Crippen molar-refractivity contribution in [1.29, 1.82) is 0 Å². The van der Waals surface area contributed by atoms with Crippen molar-refractivity contribution in [3.8, 4) is 0 Å². The highest BCUT2D eigenvalue weighted by Crippen LogP contribution is 2.39. The second-order valence-corrected chi connectivity index (χ2v) is 19.7. The third kappa shape index (κ3) is 9.43. The summed E-state index contributed by atoms with van der Waals surface area (Å²) in [5.74, 6) is -2.74. The van der Waals surface area contributed by atoms with E-state index in [9.17, 15) is 32.4 Å². The van der Waals surface area contributed by atoms with Gasteiger partial charge in [0.2, 0.25) is 21.5 Å². The lowest BCUT2D eigenvalue weighted by atomic mass is 9.91. The lowest BCUT2D eigenvalue weighted by Crippen LogP contribution is -2.68. The Hall–Kier alpha value is -4.18. The molecule has 0 aromatic heterocycles. The van der Waals surface area contributed by atoms with Crippen LogP contribution in [0.25, 0.3) is 0 Å². The number of amides is 5. The highest BCUT2D eigenvalue weighted by Gasteiger charge is 2.62. The second kappa shape index (κ2) is 17.8. The van der Waals surface area contributed by atoms with Gasteiger partial charge in [-0.15, -0.1) is 0 Å². The zero-order valence-corrected chi connectivity index (χ0v) is 34.8. The summed E-state index contributed by atoms with van der Waals surface area (Å²) in [5, 5.41) is 4.59. The summed E-state index contributed by atoms with van der Waals surface area (Å²) >= 11 is 0. The molecular formula is C43H60N6O9S. The van der Waals surface area contributed by atoms with E-state index in [1.807, 2.05) is 24.3 Å². The van der Waals surface area contributed by atoms with Crippen LogP contribution in [0.4, 0.5) is 9.59 Å². The zero-order chi connectivity index (χ0) is 41.1. The topological polar surface area (TPSA) is 184 Å². The number of benzene rings is 1. The summed E-state index contributed by atoms with van der Waals surface area (Å²) in [5.41, 5.74) is -0.194. The fourth-order valence-electron chi connectivity index (χ4n) is 9.72. The van der Waals surface area contributed by atoms with E-state index >= 15 is 0 Å². The van der Waals surface area contributed by atoms with Crippen molar-refractivity contribution in [2.24, 2.45) is 5.92 Å². The molecule has 1 aromatic rings. The molecule has 4 bridgehead atoms. The van der Waals surface area contributed by atoms with E-state index in [1.54, 1.807) is 4.90 Å². The van der Waals surface area contributed by atoms with Gasteiger partial charge >= 0.3 is 12.2 Å². The molecule has 7 unspecified atom stereocenters. The molecule has 5 aliphatic heterocycles. The monoisotopic (exact) mass is 836 g/mol. The number of allylic oxidation sites excluding steroid dienone is 1. The quantitative estimate of drug-likeness (QED) is 0.295. The smallest absolute Gasteiger partial charge is 0.410 e. The van der Waals surface area contributed by atoms with E-state index in [1.165, 1.54) is 25.7 Å². The Morgan fingerprint density at radius 3 is 2.42 bits per heavy atom. The molecule has 0 spiro atoms. The van der Waals surface area contributed by atoms with Crippen LogP contribution in [0.5, 0.6) is 0 Å². The largest absolute Gasteiger partial charge is 0.446 e. The van der Waals surface area contributed by atoms with Crippen molar-refractivity contribution in [2.45, 2.75) is 150 Å². The summed E-state index contributed by atoms with van der Waals surface area (Å²) in [4.78, 5) is 77.0. The zero-order valence-electron chi connectivity index (χ0n) is 34.0. The molecule has 3 aliphatic carbocycles. The number of piperidine rings is 1. The maximum Gasteiger partial charge on any atom is 0.410 e. The third-order valence-corrected chi connectivity index (χ3v) is 15.1. The summed E-state index contributed by atoms with van der Waals surface area (Å²) in [6.07, 6.45) is 12.9. The number of fused-ring (bicyclic) bond motifs is 5. The number of likely N-dealkylation sites (tertiary alicyclic amines) is 1. The van der Waals surface area contributed by atoms with Gasteiger partial charge in [-0.05, 0) is 87.9 Å². The Bertz CT molecular complexity index is 1900. The minimum Gasteiger partial charge on any atom is -0.446 e. The van der Waals surface area contributed by atoms with Crippen LogP contribution in [-0.4, -0.2) is 121 Å². The van der Waals surface area contributed by atoms with Gasteiger partial charge in [0.1, 0.15) is 18.2 Å². The van der Waals surface area contributed by atoms with Crippen LogP contribution in [0.3, 0.4) is 0 Å². The third-order valence-electron chi connectivity index (χ3n) is 13.3. The van der Waals surface area contributed by atoms with Gasteiger partial charge in [0.25, 0.3) is 11.8 Å². The fraction of sp³-hybridized carbons (Fsp3) is 0.698. The lowest BCUT2D eigenvalue weighted by Gasteiger charge is -2.40. The Balaban J connectivity index is 0.00000154. The average Bonchev–Trinajstić information content (AvgIpc) is 4.15. The Morgan fingerprint density at radius 2 is 1.63 bits per heavy atom. The highest BCUT2D eigenvalue weighted by atomic mass is 32.2. The molecule has 3 saturated heterocycles. The maximum absolute atomic E-state index is 14.8. The molecule has 16 heteroatoms. The maximum atomic E-state index is 14.8. The molecule has 322 valence electrons. The van der Waals surface area contributed by atoms with Gasteiger partial charge in [-0.3, -0.25) is 24.0 Å². The normalized spacial score (nSPS) is 34.5. The SMILES string of the molecule is C1CC1.O=C1NC2CCCCCC=CC3CC3NC(=O)C3(CC(OC(=O)N4CCc5ccccc5[C@H]4CN4CCCCC4)CN3C2=O)C(=O)NS(=O)(=O)C2CCC(C2)O1. The molecule has 8 atom stereocenters. The minimum absolute atomic E-state index is 0.0274. The van der Waals surface area contributed by atoms with E-state index in [2.05, 4.69) is 32.4 Å². The number of nitrogens with one attached hydrogen (secondary N) is 3. The molecule has 59 heavy (non-hydrogen) atoms. The van der Waals surface area contributed by atoms with Gasteiger partial charge in [0.15, 0.2) is 0 Å². The standard InChI is InChI=1S/C40H54N6O9S.C3H6/c47-35-32-14-6-3-1-2-5-12-27-21-33(27)41-36(48)40(37(49)43-56(52,53)30-16-15-28(22-30)54-38(50)42-32)23-29(24-46(35)40)55-39(51)45-20-17-26-11-7-8-13-31(26)34(45)25-44-18-9-4-10-19-44;1-2-3-1/h5,7-8,11-13,27-30,32-34H,1-4,6,9-10,14-25H2,(H,41,48)(H,42,50)(H,43,49);1-3H2/t27?,28?,29?,30?,32?,33?,34-,40?;/m1./s1. The first-order valence-electron chi connectivity index (χ1n) is 22.1. The van der Waals surface area contributed by atoms with Crippen molar-refractivity contribution >= 4 is 39.9 Å². The molecule has 8 aliphatic rings. The van der Waals surface area contributed by atoms with Crippen LogP contribution in [0.15, 0.2) is 36.4 Å². The van der Waals surface area contributed by atoms with Crippen LogP contribution in [0.1, 0.15) is 120 Å². The Labute approximate surface area is 347 Å². The number of carbonyl (C=O) groups excluding carboxylic acids is 5. The van der Waals surface area contributed by atoms with Gasteiger partial charge in [-0.25, -0.2) is 18.0 Å². The summed E-state index contributed by atoms with van der Waals surface area (Å²) in [6, 6.07) is 6.26. The molecule has 1 aromatic carbocycles. The minimum atomic E-state index is -4.39.